The first-order valence-electron chi connectivity index (χ1n) is 10.1. The molecule has 0 bridgehead atoms. The van der Waals surface area contributed by atoms with Crippen molar-refractivity contribution < 1.29 is 4.79 Å². The Hall–Kier alpha value is -3.45. The highest BCUT2D eigenvalue weighted by molar-refractivity contribution is 7.09. The number of carbonyl (C=O) groups excluding carboxylic acids is 1. The predicted octanol–water partition coefficient (Wildman–Crippen LogP) is 3.72. The number of thiophene rings is 1. The lowest BCUT2D eigenvalue weighted by Gasteiger charge is -2.15. The van der Waals surface area contributed by atoms with Gasteiger partial charge in [-0.1, -0.05) is 30.3 Å². The average molecular weight is 434 g/mol. The van der Waals surface area contributed by atoms with Crippen LogP contribution in [0.15, 0.2) is 69.6 Å². The Bertz CT molecular complexity index is 1370. The van der Waals surface area contributed by atoms with Gasteiger partial charge in [-0.25, -0.2) is 4.79 Å². The molecular formula is C24H23N3O3S. The molecule has 1 N–H and O–H groups in total. The topological polar surface area (TPSA) is 73.1 Å². The third kappa shape index (κ3) is 4.36. The van der Waals surface area contributed by atoms with Crippen molar-refractivity contribution >= 4 is 33.8 Å². The van der Waals surface area contributed by atoms with Gasteiger partial charge in [-0.05, 0) is 61.0 Å². The molecule has 0 unspecified atom stereocenters. The number of aryl methyl sites for hydroxylation is 3. The third-order valence-electron chi connectivity index (χ3n) is 5.26. The van der Waals surface area contributed by atoms with E-state index in [1.165, 1.54) is 9.13 Å². The molecule has 4 aromatic rings. The van der Waals surface area contributed by atoms with Gasteiger partial charge in [0.25, 0.3) is 5.56 Å². The number of benzene rings is 2. The Morgan fingerprint density at radius 3 is 2.58 bits per heavy atom. The Labute approximate surface area is 183 Å². The molecule has 7 heteroatoms. The van der Waals surface area contributed by atoms with Gasteiger partial charge in [-0.3, -0.25) is 18.7 Å². The van der Waals surface area contributed by atoms with Crippen molar-refractivity contribution in [2.75, 3.05) is 5.32 Å². The van der Waals surface area contributed by atoms with E-state index in [2.05, 4.69) is 5.32 Å². The number of nitrogens with one attached hydrogen (secondary N) is 1. The molecular weight excluding hydrogens is 410 g/mol. The fourth-order valence-electron chi connectivity index (χ4n) is 3.60. The van der Waals surface area contributed by atoms with Crippen LogP contribution in [0.4, 0.5) is 5.69 Å². The number of hydrogen-bond donors (Lipinski definition) is 1. The molecule has 2 aromatic heterocycles. The fraction of sp³-hybridized carbons (Fsp3) is 0.208. The van der Waals surface area contributed by atoms with E-state index in [0.717, 1.165) is 16.0 Å². The molecule has 158 valence electrons. The summed E-state index contributed by atoms with van der Waals surface area (Å²) in [5.41, 5.74) is 2.34. The van der Waals surface area contributed by atoms with Gasteiger partial charge in [0.15, 0.2) is 0 Å². The number of nitrogens with zero attached hydrogens (tertiary/aromatic N) is 2. The van der Waals surface area contributed by atoms with E-state index >= 15 is 0 Å². The number of rotatable bonds is 6. The Kier molecular flexibility index (Phi) is 5.86. The molecule has 2 aromatic carbocycles. The van der Waals surface area contributed by atoms with Crippen LogP contribution in [0.25, 0.3) is 10.9 Å². The molecule has 0 saturated carbocycles. The van der Waals surface area contributed by atoms with Crippen LogP contribution in [-0.2, 0) is 24.3 Å². The number of carbonyl (C=O) groups is 1. The second-order valence-electron chi connectivity index (χ2n) is 7.54. The molecule has 0 aliphatic carbocycles. The summed E-state index contributed by atoms with van der Waals surface area (Å²) in [7, 11) is 0. The van der Waals surface area contributed by atoms with E-state index in [9.17, 15) is 14.4 Å². The second-order valence-corrected chi connectivity index (χ2v) is 8.57. The number of aromatic nitrogens is 2. The lowest BCUT2D eigenvalue weighted by atomic mass is 10.1. The van der Waals surface area contributed by atoms with Crippen LogP contribution in [0.2, 0.25) is 0 Å². The van der Waals surface area contributed by atoms with Crippen LogP contribution in [0.1, 0.15) is 16.0 Å². The molecule has 0 aliphatic rings. The number of fused-ring (bicyclic) bond motifs is 1. The quantitative estimate of drug-likeness (QED) is 0.504. The predicted molar refractivity (Wildman–Crippen MR) is 125 cm³/mol. The monoisotopic (exact) mass is 433 g/mol. The highest BCUT2D eigenvalue weighted by Crippen LogP contribution is 2.17. The third-order valence-corrected chi connectivity index (χ3v) is 6.20. The maximum Gasteiger partial charge on any atom is 0.331 e. The van der Waals surface area contributed by atoms with Gasteiger partial charge in [-0.2, -0.15) is 0 Å². The normalized spacial score (nSPS) is 11.0. The van der Waals surface area contributed by atoms with Gasteiger partial charge in [-0.15, -0.1) is 11.3 Å². The van der Waals surface area contributed by atoms with E-state index in [4.69, 9.17) is 0 Å². The minimum absolute atomic E-state index is 0.175. The van der Waals surface area contributed by atoms with Crippen molar-refractivity contribution in [1.82, 2.24) is 9.13 Å². The van der Waals surface area contributed by atoms with Gasteiger partial charge in [0.1, 0.15) is 6.54 Å². The molecule has 0 radical (unpaired) electrons. The molecule has 2 heterocycles. The van der Waals surface area contributed by atoms with E-state index in [1.54, 1.807) is 35.6 Å². The van der Waals surface area contributed by atoms with E-state index in [-0.39, 0.29) is 24.6 Å². The highest BCUT2D eigenvalue weighted by Gasteiger charge is 2.16. The van der Waals surface area contributed by atoms with Crippen LogP contribution < -0.4 is 16.6 Å². The standard InChI is InChI=1S/C24H23N3O3S/c1-16-9-10-17(2)20(14-16)25-22(28)15-27-21-8-4-3-7-19(21)23(29)26(24(27)30)12-11-18-6-5-13-31-18/h3-10,13-14H,11-12,15H2,1-2H3,(H,25,28). The summed E-state index contributed by atoms with van der Waals surface area (Å²) in [4.78, 5) is 40.1. The molecule has 0 fully saturated rings. The summed E-state index contributed by atoms with van der Waals surface area (Å²) in [6.07, 6.45) is 0.583. The van der Waals surface area contributed by atoms with Crippen LogP contribution >= 0.6 is 11.3 Å². The van der Waals surface area contributed by atoms with Gasteiger partial charge < -0.3 is 5.32 Å². The maximum absolute atomic E-state index is 13.2. The summed E-state index contributed by atoms with van der Waals surface area (Å²) in [6.45, 7) is 3.96. The van der Waals surface area contributed by atoms with Crippen molar-refractivity contribution in [2.24, 2.45) is 0 Å². The van der Waals surface area contributed by atoms with Gasteiger partial charge in [0, 0.05) is 17.1 Å². The number of anilines is 1. The summed E-state index contributed by atoms with van der Waals surface area (Å²) in [5, 5.41) is 5.29. The first-order valence-corrected chi connectivity index (χ1v) is 10.9. The molecule has 6 nitrogen and oxygen atoms in total. The first-order chi connectivity index (χ1) is 14.9. The lowest BCUT2D eigenvalue weighted by Crippen LogP contribution is -2.42. The molecule has 0 atom stereocenters. The Balaban J connectivity index is 1.70. The Morgan fingerprint density at radius 1 is 1.00 bits per heavy atom. The van der Waals surface area contributed by atoms with Crippen molar-refractivity contribution in [1.29, 1.82) is 0 Å². The Morgan fingerprint density at radius 2 is 1.81 bits per heavy atom. The number of hydrogen-bond acceptors (Lipinski definition) is 4. The number of amides is 1. The zero-order valence-electron chi connectivity index (χ0n) is 17.4. The smallest absolute Gasteiger partial charge is 0.324 e. The zero-order chi connectivity index (χ0) is 22.0. The largest absolute Gasteiger partial charge is 0.331 e. The van der Waals surface area contributed by atoms with Gasteiger partial charge in [0.05, 0.1) is 10.9 Å². The average Bonchev–Trinajstić information content (AvgIpc) is 3.27. The van der Waals surface area contributed by atoms with Crippen LogP contribution in [0.5, 0.6) is 0 Å². The van der Waals surface area contributed by atoms with Crippen molar-refractivity contribution in [2.45, 2.75) is 33.4 Å². The molecule has 31 heavy (non-hydrogen) atoms. The first kappa shape index (κ1) is 20.8. The summed E-state index contributed by atoms with van der Waals surface area (Å²) >= 11 is 1.59. The molecule has 0 saturated heterocycles. The summed E-state index contributed by atoms with van der Waals surface area (Å²) in [6, 6.07) is 16.7. The molecule has 0 spiro atoms. The van der Waals surface area contributed by atoms with Crippen molar-refractivity contribution in [3.8, 4) is 0 Å². The summed E-state index contributed by atoms with van der Waals surface area (Å²) < 4.78 is 2.61. The fourth-order valence-corrected chi connectivity index (χ4v) is 4.30. The van der Waals surface area contributed by atoms with Crippen LogP contribution in [0.3, 0.4) is 0 Å². The van der Waals surface area contributed by atoms with Crippen molar-refractivity contribution in [3.63, 3.8) is 0 Å². The maximum atomic E-state index is 13.2. The molecule has 4 rings (SSSR count). The van der Waals surface area contributed by atoms with Crippen LogP contribution in [-0.4, -0.2) is 15.0 Å². The van der Waals surface area contributed by atoms with E-state index in [0.29, 0.717) is 23.0 Å². The van der Waals surface area contributed by atoms with E-state index in [1.807, 2.05) is 49.6 Å². The SMILES string of the molecule is Cc1ccc(C)c(NC(=O)Cn2c(=O)n(CCc3cccs3)c(=O)c3ccccc32)c1. The minimum Gasteiger partial charge on any atom is -0.324 e. The molecule has 1 amide bonds. The van der Waals surface area contributed by atoms with E-state index < -0.39 is 5.69 Å². The highest BCUT2D eigenvalue weighted by atomic mass is 32.1. The lowest BCUT2D eigenvalue weighted by molar-refractivity contribution is -0.116. The van der Waals surface area contributed by atoms with Gasteiger partial charge in [0.2, 0.25) is 5.91 Å². The zero-order valence-corrected chi connectivity index (χ0v) is 18.2. The summed E-state index contributed by atoms with van der Waals surface area (Å²) in [5.74, 6) is -0.315. The second kappa shape index (κ2) is 8.73. The number of para-hydroxylation sites is 1. The van der Waals surface area contributed by atoms with Gasteiger partial charge >= 0.3 is 5.69 Å². The van der Waals surface area contributed by atoms with Crippen molar-refractivity contribution in [3.05, 3.63) is 96.8 Å². The molecule has 0 aliphatic heterocycles. The van der Waals surface area contributed by atoms with Crippen LogP contribution in [0, 0.1) is 13.8 Å². The minimum atomic E-state index is -0.476.